The topological polar surface area (TPSA) is 49.4 Å². The second-order valence-electron chi connectivity index (χ2n) is 4.57. The van der Waals surface area contributed by atoms with E-state index >= 15 is 0 Å². The van der Waals surface area contributed by atoms with Crippen molar-refractivity contribution in [3.8, 4) is 0 Å². The first-order chi connectivity index (χ1) is 8.25. The first-order valence-electron chi connectivity index (χ1n) is 5.91. The summed E-state index contributed by atoms with van der Waals surface area (Å²) in [6.45, 7) is 0. The molecule has 2 aliphatic heterocycles. The van der Waals surface area contributed by atoms with Crippen LogP contribution in [0, 0.1) is 0 Å². The van der Waals surface area contributed by atoms with Gasteiger partial charge in [-0.05, 0) is 12.0 Å². The van der Waals surface area contributed by atoms with Crippen LogP contribution in [-0.2, 0) is 16.0 Å². The molecule has 2 aliphatic rings. The van der Waals surface area contributed by atoms with E-state index in [0.717, 1.165) is 12.0 Å². The molecule has 0 aromatic heterocycles. The fourth-order valence-electron chi connectivity index (χ4n) is 2.65. The van der Waals surface area contributed by atoms with E-state index in [2.05, 4.69) is 5.32 Å². The number of carbonyl (C=O) groups excluding carboxylic acids is 2. The van der Waals surface area contributed by atoms with Crippen LogP contribution in [0.5, 0.6) is 0 Å². The van der Waals surface area contributed by atoms with Gasteiger partial charge in [0.05, 0.1) is 0 Å². The zero-order chi connectivity index (χ0) is 11.8. The molecule has 4 nitrogen and oxygen atoms in total. The van der Waals surface area contributed by atoms with E-state index in [4.69, 9.17) is 0 Å². The maximum atomic E-state index is 11.8. The largest absolute Gasteiger partial charge is 0.334 e. The van der Waals surface area contributed by atoms with Gasteiger partial charge in [0, 0.05) is 12.8 Å². The van der Waals surface area contributed by atoms with E-state index in [1.165, 1.54) is 0 Å². The number of nitrogens with one attached hydrogen (secondary N) is 1. The van der Waals surface area contributed by atoms with E-state index in [-0.39, 0.29) is 24.0 Å². The van der Waals surface area contributed by atoms with Crippen molar-refractivity contribution in [2.75, 3.05) is 0 Å². The van der Waals surface area contributed by atoms with Gasteiger partial charge in [-0.1, -0.05) is 30.3 Å². The number of hydrogen-bond donors (Lipinski definition) is 1. The van der Waals surface area contributed by atoms with Crippen LogP contribution >= 0.6 is 0 Å². The Balaban J connectivity index is 1.82. The van der Waals surface area contributed by atoms with Crippen LogP contribution in [0.15, 0.2) is 30.3 Å². The first-order valence-corrected chi connectivity index (χ1v) is 5.91. The van der Waals surface area contributed by atoms with E-state index in [1.54, 1.807) is 4.90 Å². The Morgan fingerprint density at radius 1 is 1.24 bits per heavy atom. The highest BCUT2D eigenvalue weighted by Crippen LogP contribution is 2.26. The average molecular weight is 230 g/mol. The van der Waals surface area contributed by atoms with Gasteiger partial charge in [0.2, 0.25) is 11.8 Å². The van der Waals surface area contributed by atoms with Crippen molar-refractivity contribution in [3.05, 3.63) is 35.9 Å². The molecule has 2 amide bonds. The van der Waals surface area contributed by atoms with Crippen molar-refractivity contribution >= 4 is 11.8 Å². The Morgan fingerprint density at radius 3 is 2.76 bits per heavy atom. The Bertz CT molecular complexity index is 458. The molecule has 4 heteroatoms. The van der Waals surface area contributed by atoms with Gasteiger partial charge in [-0.15, -0.1) is 0 Å². The lowest BCUT2D eigenvalue weighted by Gasteiger charge is -2.20. The molecule has 88 valence electrons. The summed E-state index contributed by atoms with van der Waals surface area (Å²) in [4.78, 5) is 25.3. The number of fused-ring (bicyclic) bond motifs is 1. The Morgan fingerprint density at radius 2 is 2.00 bits per heavy atom. The molecule has 2 fully saturated rings. The predicted molar refractivity (Wildman–Crippen MR) is 61.9 cm³/mol. The highest BCUT2D eigenvalue weighted by atomic mass is 16.2. The quantitative estimate of drug-likeness (QED) is 0.812. The molecule has 2 heterocycles. The lowest BCUT2D eigenvalue weighted by molar-refractivity contribution is -0.133. The molecular formula is C13H14N2O2. The van der Waals surface area contributed by atoms with E-state index < -0.39 is 0 Å². The fraction of sp³-hybridized carbons (Fsp3) is 0.385. The first kappa shape index (κ1) is 10.3. The van der Waals surface area contributed by atoms with E-state index in [1.807, 2.05) is 30.3 Å². The minimum absolute atomic E-state index is 0.0214. The van der Waals surface area contributed by atoms with Gasteiger partial charge in [0.1, 0.15) is 12.2 Å². The minimum Gasteiger partial charge on any atom is -0.334 e. The van der Waals surface area contributed by atoms with Crippen LogP contribution < -0.4 is 5.32 Å². The molecule has 1 aromatic carbocycles. The lowest BCUT2D eigenvalue weighted by atomic mass is 10.1. The van der Waals surface area contributed by atoms with Crippen molar-refractivity contribution < 1.29 is 9.59 Å². The van der Waals surface area contributed by atoms with Crippen molar-refractivity contribution in [2.24, 2.45) is 0 Å². The van der Waals surface area contributed by atoms with Crippen LogP contribution in [0.1, 0.15) is 18.4 Å². The maximum Gasteiger partial charge on any atom is 0.244 e. The third-order valence-electron chi connectivity index (χ3n) is 3.47. The predicted octanol–water partition coefficient (Wildman–Crippen LogP) is 0.676. The number of benzene rings is 1. The van der Waals surface area contributed by atoms with Crippen LogP contribution in [0.4, 0.5) is 0 Å². The van der Waals surface area contributed by atoms with Crippen molar-refractivity contribution in [1.29, 1.82) is 0 Å². The molecule has 1 aromatic rings. The lowest BCUT2D eigenvalue weighted by Crippen LogP contribution is -2.38. The zero-order valence-electron chi connectivity index (χ0n) is 9.43. The number of hydrogen-bond acceptors (Lipinski definition) is 2. The Hall–Kier alpha value is -1.84. The molecule has 0 radical (unpaired) electrons. The van der Waals surface area contributed by atoms with Gasteiger partial charge in [-0.3, -0.25) is 9.59 Å². The van der Waals surface area contributed by atoms with Gasteiger partial charge in [0.15, 0.2) is 0 Å². The molecule has 0 unspecified atom stereocenters. The number of nitrogens with zero attached hydrogens (tertiary/aromatic N) is 1. The Labute approximate surface area is 99.6 Å². The van der Waals surface area contributed by atoms with Crippen LogP contribution in [-0.4, -0.2) is 28.9 Å². The summed E-state index contributed by atoms with van der Waals surface area (Å²) < 4.78 is 0. The average Bonchev–Trinajstić information content (AvgIpc) is 2.83. The van der Waals surface area contributed by atoms with Gasteiger partial charge >= 0.3 is 0 Å². The van der Waals surface area contributed by atoms with Crippen molar-refractivity contribution in [1.82, 2.24) is 10.2 Å². The second kappa shape index (κ2) is 3.87. The molecule has 0 spiro atoms. The molecule has 1 N–H and O–H groups in total. The van der Waals surface area contributed by atoms with Crippen LogP contribution in [0.2, 0.25) is 0 Å². The van der Waals surface area contributed by atoms with Gasteiger partial charge in [-0.2, -0.15) is 0 Å². The number of carbonyl (C=O) groups is 2. The maximum absolute atomic E-state index is 11.8. The smallest absolute Gasteiger partial charge is 0.244 e. The van der Waals surface area contributed by atoms with Crippen molar-refractivity contribution in [3.63, 3.8) is 0 Å². The number of rotatable bonds is 2. The van der Waals surface area contributed by atoms with Gasteiger partial charge in [0.25, 0.3) is 0 Å². The van der Waals surface area contributed by atoms with E-state index in [9.17, 15) is 9.59 Å². The molecule has 2 saturated heterocycles. The summed E-state index contributed by atoms with van der Waals surface area (Å²) in [6.07, 6.45) is 1.84. The summed E-state index contributed by atoms with van der Waals surface area (Å²) in [6, 6.07) is 9.50. The molecule has 0 bridgehead atoms. The fourth-order valence-corrected chi connectivity index (χ4v) is 2.65. The second-order valence-corrected chi connectivity index (χ2v) is 4.57. The zero-order valence-corrected chi connectivity index (χ0v) is 9.43. The van der Waals surface area contributed by atoms with E-state index in [0.29, 0.717) is 12.8 Å². The summed E-state index contributed by atoms with van der Waals surface area (Å²) in [5.74, 6) is 0.0705. The molecule has 17 heavy (non-hydrogen) atoms. The highest BCUT2D eigenvalue weighted by Gasteiger charge is 2.45. The minimum atomic E-state index is -0.322. The molecule has 0 aliphatic carbocycles. The molecule has 0 saturated carbocycles. The Kier molecular flexibility index (Phi) is 2.35. The summed E-state index contributed by atoms with van der Waals surface area (Å²) in [5, 5.41) is 2.88. The standard InChI is InChI=1S/C13H14N2O2/c16-12-7-6-11-14-13(17)10(15(11)12)8-9-4-2-1-3-5-9/h1-5,10-11H,6-8H2,(H,14,17)/t10-,11+/m0/s1. The third kappa shape index (κ3) is 1.69. The third-order valence-corrected chi connectivity index (χ3v) is 3.47. The normalized spacial score (nSPS) is 27.2. The van der Waals surface area contributed by atoms with Crippen LogP contribution in [0.3, 0.4) is 0 Å². The van der Waals surface area contributed by atoms with Crippen molar-refractivity contribution in [2.45, 2.75) is 31.5 Å². The summed E-state index contributed by atoms with van der Waals surface area (Å²) >= 11 is 0. The van der Waals surface area contributed by atoms with Crippen LogP contribution in [0.25, 0.3) is 0 Å². The van der Waals surface area contributed by atoms with Gasteiger partial charge in [-0.25, -0.2) is 0 Å². The number of amides is 2. The summed E-state index contributed by atoms with van der Waals surface area (Å²) in [5.41, 5.74) is 1.09. The van der Waals surface area contributed by atoms with Gasteiger partial charge < -0.3 is 10.2 Å². The highest BCUT2D eigenvalue weighted by molar-refractivity contribution is 5.93. The SMILES string of the molecule is O=C1N[C@H]2CCC(=O)N2[C@H]1Cc1ccccc1. The molecule has 2 atom stereocenters. The molecule has 3 rings (SSSR count). The monoisotopic (exact) mass is 230 g/mol. The summed E-state index contributed by atoms with van der Waals surface area (Å²) in [7, 11) is 0. The molecular weight excluding hydrogens is 216 g/mol.